The molecule has 2 aromatic carbocycles. The van der Waals surface area contributed by atoms with Crippen LogP contribution in [0.5, 0.6) is 17.2 Å². The number of aromatic nitrogens is 5. The number of halogens is 2. The van der Waals surface area contributed by atoms with Gasteiger partial charge in [-0.1, -0.05) is 33.8 Å². The van der Waals surface area contributed by atoms with Gasteiger partial charge in [0.15, 0.2) is 11.5 Å². The van der Waals surface area contributed by atoms with Crippen LogP contribution >= 0.6 is 78.8 Å². The molecule has 6 aromatic rings. The number of hydrogen-bond donors (Lipinski definition) is 4. The maximum Gasteiger partial charge on any atom is 0.407 e. The Balaban J connectivity index is 0.00000208. The van der Waals surface area contributed by atoms with Gasteiger partial charge in [0.25, 0.3) is 0 Å². The summed E-state index contributed by atoms with van der Waals surface area (Å²) in [5.74, 6) is 0.680. The van der Waals surface area contributed by atoms with E-state index < -0.39 is 60.5 Å². The molecular formula is C49H63F2N9O9S6. The summed E-state index contributed by atoms with van der Waals surface area (Å²) >= 11 is 1.42. The number of benzene rings is 2. The Morgan fingerprint density at radius 2 is 1.40 bits per heavy atom. The van der Waals surface area contributed by atoms with Gasteiger partial charge in [-0.2, -0.15) is 67.5 Å². The van der Waals surface area contributed by atoms with Gasteiger partial charge in [-0.25, -0.2) is 28.3 Å². The first-order valence-electron chi connectivity index (χ1n) is 23.3. The van der Waals surface area contributed by atoms with Crippen LogP contribution < -0.4 is 24.8 Å². The molecule has 4 N–H and O–H groups in total. The number of alkyl carbamates (subject to hydrolysis) is 2. The predicted octanol–water partition coefficient (Wildman–Crippen LogP) is 8.60. The standard InChI is InChI=1S/C49H53F2N9O9S.5H2S/c1-23(2)39(56-48(63)65-5)45(61)58-11-7-8-33(58)43-52-20-31(55-43)26-15-29(51)38-34-16-27-14-25(9-10-32(27)60(34)47(69-36(38)17-26)42-41-37(22-70-42)67-12-13-68-41)30-19-53-44(54-30)35-18-28(50)21-59(35)46(62)40(24(3)4)57-49(64)66-6;;;;;/h9-10,14-17,19-20,22-24,28,33,35,39-40,47H,7-8,11-13,18,21H2,1-6H3,(H,52,55)(H,53,54)(H,56,63)(H,57,64);5*1H2/t28-,33-,35-,39-,40-,47?;;;;;/m0...../s1. The van der Waals surface area contributed by atoms with Crippen molar-refractivity contribution in [2.75, 3.05) is 40.5 Å². The van der Waals surface area contributed by atoms with Crippen molar-refractivity contribution in [2.45, 2.75) is 83.5 Å². The SMILES string of the molecule is COC(=O)N[C@H](C(=O)N1CCC[C@H]1c1ncc(-c2cc(F)c3c(c2)OC(c2scc4c2OCCO4)n2c-3cc3cc(-c4cnc([C@@H]5C[C@H](F)CN5C(=O)[C@@H](NC(=O)OC)C(C)C)[nH]4)ccc32)[nH]1)C(C)C.S.S.S.S.S. The van der Waals surface area contributed by atoms with E-state index in [1.165, 1.54) is 36.5 Å². The summed E-state index contributed by atoms with van der Waals surface area (Å²) in [6.45, 7) is 8.37. The summed E-state index contributed by atoms with van der Waals surface area (Å²) < 4.78 is 62.5. The zero-order chi connectivity index (χ0) is 49.1. The second-order valence-electron chi connectivity index (χ2n) is 18.6. The zero-order valence-corrected chi connectivity index (χ0v) is 47.7. The van der Waals surface area contributed by atoms with E-state index in [0.717, 1.165) is 27.8 Å². The molecule has 0 bridgehead atoms. The predicted molar refractivity (Wildman–Crippen MR) is 304 cm³/mol. The number of aromatic amines is 2. The van der Waals surface area contributed by atoms with Gasteiger partial charge in [-0.3, -0.25) is 14.2 Å². The average molecular weight is 1150 g/mol. The Bertz CT molecular complexity index is 3020. The van der Waals surface area contributed by atoms with Gasteiger partial charge in [0.1, 0.15) is 59.6 Å². The summed E-state index contributed by atoms with van der Waals surface area (Å²) in [6, 6.07) is 8.07. The van der Waals surface area contributed by atoms with Gasteiger partial charge in [-0.05, 0) is 55.0 Å². The number of carbonyl (C=O) groups excluding carboxylic acids is 4. The third-order valence-electron chi connectivity index (χ3n) is 13.5. The number of fused-ring (bicyclic) bond motifs is 6. The van der Waals surface area contributed by atoms with Gasteiger partial charge >= 0.3 is 12.2 Å². The number of ether oxygens (including phenoxy) is 5. The minimum atomic E-state index is -1.29. The number of likely N-dealkylation sites (tertiary alicyclic amines) is 2. The number of methoxy groups -OCH3 is 2. The van der Waals surface area contributed by atoms with E-state index in [4.69, 9.17) is 23.7 Å². The van der Waals surface area contributed by atoms with Gasteiger partial charge < -0.3 is 54.1 Å². The van der Waals surface area contributed by atoms with Crippen LogP contribution in [0.4, 0.5) is 18.4 Å². The molecule has 10 rings (SSSR count). The topological polar surface area (TPSA) is 207 Å². The second-order valence-corrected chi connectivity index (χ2v) is 19.5. The summed E-state index contributed by atoms with van der Waals surface area (Å²) in [6.07, 6.45) is 1.13. The number of hydrogen-bond acceptors (Lipinski definition) is 12. The Labute approximate surface area is 470 Å². The molecular weight excluding hydrogens is 1090 g/mol. The van der Waals surface area contributed by atoms with E-state index in [1.807, 2.05) is 48.1 Å². The maximum absolute atomic E-state index is 17.0. The molecule has 26 heteroatoms. The molecule has 8 heterocycles. The molecule has 4 aliphatic heterocycles. The Kier molecular flexibility index (Phi) is 19.9. The summed E-state index contributed by atoms with van der Waals surface area (Å²) in [7, 11) is 2.47. The highest BCUT2D eigenvalue weighted by atomic mass is 32.1. The molecule has 4 amide bonds. The minimum absolute atomic E-state index is 0. The fourth-order valence-corrected chi connectivity index (χ4v) is 10.9. The average Bonchev–Trinajstić information content (AvgIpc) is 4.22. The highest BCUT2D eigenvalue weighted by Gasteiger charge is 2.43. The molecule has 6 atom stereocenters. The van der Waals surface area contributed by atoms with E-state index in [-0.39, 0.29) is 104 Å². The molecule has 2 fully saturated rings. The molecule has 2 saturated heterocycles. The second kappa shape index (κ2) is 24.7. The normalized spacial score (nSPS) is 18.9. The van der Waals surface area contributed by atoms with Crippen molar-refractivity contribution in [1.29, 1.82) is 0 Å². The Morgan fingerprint density at radius 3 is 2.04 bits per heavy atom. The van der Waals surface area contributed by atoms with Crippen LogP contribution in [0.1, 0.15) is 81.8 Å². The van der Waals surface area contributed by atoms with Crippen molar-refractivity contribution >= 4 is 114 Å². The van der Waals surface area contributed by atoms with E-state index >= 15 is 8.78 Å². The van der Waals surface area contributed by atoms with Crippen LogP contribution in [-0.4, -0.2) is 117 Å². The lowest BCUT2D eigenvalue weighted by Gasteiger charge is -2.31. The molecule has 4 aromatic heterocycles. The third-order valence-corrected chi connectivity index (χ3v) is 14.4. The molecule has 0 spiro atoms. The first-order chi connectivity index (χ1) is 33.7. The fourth-order valence-electron chi connectivity index (χ4n) is 9.99. The van der Waals surface area contributed by atoms with Crippen molar-refractivity contribution in [1.82, 2.24) is 44.9 Å². The quantitative estimate of drug-likeness (QED) is 0.0966. The first-order valence-corrected chi connectivity index (χ1v) is 24.2. The zero-order valence-electron chi connectivity index (χ0n) is 41.8. The number of carbonyl (C=O) groups is 4. The van der Waals surface area contributed by atoms with Crippen LogP contribution in [0, 0.1) is 17.7 Å². The lowest BCUT2D eigenvalue weighted by Crippen LogP contribution is -2.51. The highest BCUT2D eigenvalue weighted by Crippen LogP contribution is 2.52. The number of nitrogens with zero attached hydrogens (tertiary/aromatic N) is 5. The largest absolute Gasteiger partial charge is 0.485 e. The van der Waals surface area contributed by atoms with Gasteiger partial charge in [-0.15, -0.1) is 11.3 Å². The van der Waals surface area contributed by atoms with Crippen LogP contribution in [0.15, 0.2) is 54.2 Å². The molecule has 1 unspecified atom stereocenters. The minimum Gasteiger partial charge on any atom is -0.485 e. The molecule has 0 saturated carbocycles. The Morgan fingerprint density at radius 1 is 0.787 bits per heavy atom. The number of imidazole rings is 2. The molecule has 75 heavy (non-hydrogen) atoms. The van der Waals surface area contributed by atoms with Gasteiger partial charge in [0.05, 0.1) is 73.4 Å². The smallest absolute Gasteiger partial charge is 0.407 e. The van der Waals surface area contributed by atoms with E-state index in [9.17, 15) is 19.2 Å². The van der Waals surface area contributed by atoms with Crippen LogP contribution in [0.25, 0.3) is 44.7 Å². The highest BCUT2D eigenvalue weighted by molar-refractivity contribution is 7.60. The van der Waals surface area contributed by atoms with Crippen molar-refractivity contribution in [3.05, 3.63) is 76.5 Å². The third kappa shape index (κ3) is 11.4. The summed E-state index contributed by atoms with van der Waals surface area (Å²) in [5, 5.41) is 7.90. The fraction of sp³-hybridized carbons (Fsp3) is 0.429. The lowest BCUT2D eigenvalue weighted by molar-refractivity contribution is -0.136. The van der Waals surface area contributed by atoms with Crippen LogP contribution in [-0.2, 0) is 19.1 Å². The number of thiophene rings is 1. The molecule has 0 radical (unpaired) electrons. The molecule has 18 nitrogen and oxygen atoms in total. The Hall–Kier alpha value is -5.41. The lowest BCUT2D eigenvalue weighted by atomic mass is 10.0. The number of nitrogens with one attached hydrogen (secondary N) is 4. The number of amides is 4. The van der Waals surface area contributed by atoms with Crippen LogP contribution in [0.2, 0.25) is 0 Å². The van der Waals surface area contributed by atoms with Gasteiger partial charge in [0.2, 0.25) is 18.0 Å². The van der Waals surface area contributed by atoms with Crippen molar-refractivity contribution in [3.8, 4) is 51.0 Å². The van der Waals surface area contributed by atoms with E-state index in [2.05, 4.69) is 30.6 Å². The summed E-state index contributed by atoms with van der Waals surface area (Å²) in [4.78, 5) is 71.7. The number of H-pyrrole nitrogens is 2. The molecule has 4 aliphatic rings. The number of rotatable bonds is 11. The van der Waals surface area contributed by atoms with Gasteiger partial charge in [0, 0.05) is 34.9 Å². The van der Waals surface area contributed by atoms with E-state index in [1.54, 1.807) is 37.2 Å². The number of alkyl halides is 1. The van der Waals surface area contributed by atoms with Crippen molar-refractivity contribution < 1.29 is 51.6 Å². The summed E-state index contributed by atoms with van der Waals surface area (Å²) in [5.41, 5.74) is 3.92. The maximum atomic E-state index is 17.0. The molecule has 0 aliphatic carbocycles. The monoisotopic (exact) mass is 1150 g/mol. The van der Waals surface area contributed by atoms with E-state index in [0.29, 0.717) is 77.7 Å². The molecule has 408 valence electrons. The van der Waals surface area contributed by atoms with Crippen LogP contribution in [0.3, 0.4) is 0 Å². The van der Waals surface area contributed by atoms with Crippen molar-refractivity contribution in [3.63, 3.8) is 0 Å². The first kappa shape index (κ1) is 60.5. The van der Waals surface area contributed by atoms with Crippen molar-refractivity contribution in [2.24, 2.45) is 11.8 Å².